The Balaban J connectivity index is 1.77. The molecule has 0 radical (unpaired) electrons. The number of hydrogen-bond acceptors (Lipinski definition) is 8. The third kappa shape index (κ3) is 2.84. The normalized spacial score (nSPS) is 20.8. The summed E-state index contributed by atoms with van der Waals surface area (Å²) in [5.41, 5.74) is 7.50. The zero-order chi connectivity index (χ0) is 20.2. The fourth-order valence-electron chi connectivity index (χ4n) is 4.20. The molecule has 0 aliphatic carbocycles. The van der Waals surface area contributed by atoms with E-state index in [-0.39, 0.29) is 12.0 Å². The van der Waals surface area contributed by atoms with Gasteiger partial charge in [0.25, 0.3) is 0 Å². The first-order valence-electron chi connectivity index (χ1n) is 9.88. The van der Waals surface area contributed by atoms with E-state index in [0.717, 1.165) is 47.8 Å². The molecule has 9 nitrogen and oxygen atoms in total. The lowest BCUT2D eigenvalue weighted by Gasteiger charge is -2.30. The van der Waals surface area contributed by atoms with Crippen molar-refractivity contribution < 1.29 is 4.74 Å². The van der Waals surface area contributed by atoms with E-state index in [1.807, 2.05) is 19.9 Å². The van der Waals surface area contributed by atoms with Crippen LogP contribution >= 0.6 is 0 Å². The lowest BCUT2D eigenvalue weighted by molar-refractivity contribution is -0.0530. The summed E-state index contributed by atoms with van der Waals surface area (Å²) in [6.45, 7) is 10.3. The van der Waals surface area contributed by atoms with Gasteiger partial charge in [0, 0.05) is 31.5 Å². The van der Waals surface area contributed by atoms with Crippen LogP contribution < -0.4 is 10.6 Å². The highest BCUT2D eigenvalue weighted by molar-refractivity contribution is 5.87. The molecule has 29 heavy (non-hydrogen) atoms. The molecule has 5 heterocycles. The van der Waals surface area contributed by atoms with Gasteiger partial charge in [0.15, 0.2) is 22.8 Å². The minimum atomic E-state index is -0.483. The Morgan fingerprint density at radius 1 is 1.21 bits per heavy atom. The van der Waals surface area contributed by atoms with Crippen LogP contribution in [0.4, 0.5) is 11.8 Å². The summed E-state index contributed by atoms with van der Waals surface area (Å²) in [5, 5.41) is 0. The maximum Gasteiger partial charge on any atom is 0.219 e. The van der Waals surface area contributed by atoms with Crippen LogP contribution in [0.3, 0.4) is 0 Å². The van der Waals surface area contributed by atoms with Gasteiger partial charge in [-0.05, 0) is 26.7 Å². The molecular formula is C20H24N8O. The summed E-state index contributed by atoms with van der Waals surface area (Å²) in [5.74, 6) is 2.48. The monoisotopic (exact) mass is 392 g/mol. The number of hydrogen-bond donors (Lipinski definition) is 1. The highest BCUT2D eigenvalue weighted by atomic mass is 16.5. The second kappa shape index (κ2) is 6.48. The van der Waals surface area contributed by atoms with Crippen molar-refractivity contribution in [2.75, 3.05) is 23.8 Å². The summed E-state index contributed by atoms with van der Waals surface area (Å²) in [4.78, 5) is 25.2. The second-order valence-electron chi connectivity index (χ2n) is 7.96. The van der Waals surface area contributed by atoms with Crippen LogP contribution in [0.2, 0.25) is 0 Å². The van der Waals surface area contributed by atoms with Gasteiger partial charge < -0.3 is 19.9 Å². The summed E-state index contributed by atoms with van der Waals surface area (Å²) in [6, 6.07) is 0.228. The molecule has 1 atom stereocenters. The Morgan fingerprint density at radius 3 is 2.76 bits per heavy atom. The molecule has 3 aromatic rings. The van der Waals surface area contributed by atoms with E-state index in [1.54, 1.807) is 12.4 Å². The smallest absolute Gasteiger partial charge is 0.219 e. The van der Waals surface area contributed by atoms with Crippen molar-refractivity contribution in [2.24, 2.45) is 0 Å². The molecular weight excluding hydrogens is 368 g/mol. The van der Waals surface area contributed by atoms with Gasteiger partial charge in [0.1, 0.15) is 11.4 Å². The van der Waals surface area contributed by atoms with Gasteiger partial charge in [-0.3, -0.25) is 0 Å². The fourth-order valence-corrected chi connectivity index (χ4v) is 4.20. The molecule has 3 aromatic heterocycles. The third-order valence-electron chi connectivity index (χ3n) is 5.67. The van der Waals surface area contributed by atoms with E-state index in [0.29, 0.717) is 19.0 Å². The molecule has 9 heteroatoms. The molecule has 0 aromatic carbocycles. The van der Waals surface area contributed by atoms with Gasteiger partial charge in [0.05, 0.1) is 12.2 Å². The van der Waals surface area contributed by atoms with E-state index in [2.05, 4.69) is 26.0 Å². The first-order valence-corrected chi connectivity index (χ1v) is 9.88. The van der Waals surface area contributed by atoms with E-state index in [9.17, 15) is 0 Å². The minimum absolute atomic E-state index is 0.224. The van der Waals surface area contributed by atoms with Crippen molar-refractivity contribution in [3.8, 4) is 11.4 Å². The topological polar surface area (TPSA) is 108 Å². The van der Waals surface area contributed by atoms with E-state index in [1.165, 1.54) is 0 Å². The van der Waals surface area contributed by atoms with E-state index in [4.69, 9.17) is 25.4 Å². The van der Waals surface area contributed by atoms with Crippen LogP contribution in [0.15, 0.2) is 25.0 Å². The molecule has 2 N–H and O–H groups in total. The van der Waals surface area contributed by atoms with Gasteiger partial charge in [-0.1, -0.05) is 6.08 Å². The number of nitrogen functional groups attached to an aromatic ring is 1. The fraction of sp³-hybridized carbons (Fsp3) is 0.450. The van der Waals surface area contributed by atoms with Crippen LogP contribution in [0.1, 0.15) is 32.5 Å². The molecule has 2 aliphatic heterocycles. The SMILES string of the molecule is C=C[C@H]1CCCN1c1nc(-c2cnc(N)nc2)nc2c1nc1n2CCOC1(C)C. The van der Waals surface area contributed by atoms with Gasteiger partial charge in [-0.15, -0.1) is 6.58 Å². The standard InChI is InChI=1S/C20H24N8O/c1-4-13-6-5-7-27(13)16-14-17(28-8-9-29-20(2,3)18(28)24-14)26-15(25-16)12-10-22-19(21)23-11-12/h4,10-11,13H,1,5-9H2,2-3H3,(H2,21,22,23)/t13-/m0/s1. The number of nitrogens with two attached hydrogens (primary N) is 1. The predicted molar refractivity (Wildman–Crippen MR) is 110 cm³/mol. The maximum atomic E-state index is 5.96. The number of ether oxygens (including phenoxy) is 1. The minimum Gasteiger partial charge on any atom is -0.368 e. The first-order chi connectivity index (χ1) is 14.0. The molecule has 150 valence electrons. The van der Waals surface area contributed by atoms with Crippen molar-refractivity contribution in [2.45, 2.75) is 44.9 Å². The number of nitrogens with zero attached hydrogens (tertiary/aromatic N) is 7. The van der Waals surface area contributed by atoms with Gasteiger partial charge in [-0.2, -0.15) is 0 Å². The number of imidazole rings is 1. The van der Waals surface area contributed by atoms with Crippen molar-refractivity contribution in [1.29, 1.82) is 0 Å². The molecule has 0 spiro atoms. The van der Waals surface area contributed by atoms with Crippen molar-refractivity contribution in [1.82, 2.24) is 29.5 Å². The maximum absolute atomic E-state index is 5.96. The van der Waals surface area contributed by atoms with Crippen LogP contribution in [0.5, 0.6) is 0 Å². The van der Waals surface area contributed by atoms with E-state index >= 15 is 0 Å². The van der Waals surface area contributed by atoms with Crippen LogP contribution in [0.25, 0.3) is 22.6 Å². The molecule has 2 aliphatic rings. The predicted octanol–water partition coefficient (Wildman–Crippen LogP) is 2.29. The largest absolute Gasteiger partial charge is 0.368 e. The Labute approximate surface area is 168 Å². The molecule has 5 rings (SSSR count). The van der Waals surface area contributed by atoms with Gasteiger partial charge >= 0.3 is 0 Å². The Morgan fingerprint density at radius 2 is 2.00 bits per heavy atom. The Hall–Kier alpha value is -3.07. The summed E-state index contributed by atoms with van der Waals surface area (Å²) in [7, 11) is 0. The van der Waals surface area contributed by atoms with Crippen molar-refractivity contribution in [3.05, 3.63) is 30.9 Å². The lowest BCUT2D eigenvalue weighted by atomic mass is 10.1. The quantitative estimate of drug-likeness (QED) is 0.677. The highest BCUT2D eigenvalue weighted by Crippen LogP contribution is 2.36. The second-order valence-corrected chi connectivity index (χ2v) is 7.96. The molecule has 0 bridgehead atoms. The van der Waals surface area contributed by atoms with Crippen LogP contribution in [0, 0.1) is 0 Å². The average molecular weight is 392 g/mol. The van der Waals surface area contributed by atoms with Crippen LogP contribution in [-0.4, -0.2) is 48.7 Å². The molecule has 1 saturated heterocycles. The van der Waals surface area contributed by atoms with E-state index < -0.39 is 5.60 Å². The number of rotatable bonds is 3. The number of anilines is 2. The average Bonchev–Trinajstić information content (AvgIpc) is 3.33. The zero-order valence-electron chi connectivity index (χ0n) is 16.7. The summed E-state index contributed by atoms with van der Waals surface area (Å²) in [6.07, 6.45) is 7.43. The molecule has 0 amide bonds. The Kier molecular flexibility index (Phi) is 4.02. The molecule has 0 saturated carbocycles. The van der Waals surface area contributed by atoms with Gasteiger partial charge in [-0.25, -0.2) is 24.9 Å². The summed E-state index contributed by atoms with van der Waals surface area (Å²) >= 11 is 0. The zero-order valence-corrected chi connectivity index (χ0v) is 16.7. The summed E-state index contributed by atoms with van der Waals surface area (Å²) < 4.78 is 8.11. The Bertz CT molecular complexity index is 1090. The third-order valence-corrected chi connectivity index (χ3v) is 5.67. The molecule has 0 unspecified atom stereocenters. The highest BCUT2D eigenvalue weighted by Gasteiger charge is 2.35. The lowest BCUT2D eigenvalue weighted by Crippen LogP contribution is -2.33. The number of fused-ring (bicyclic) bond motifs is 3. The van der Waals surface area contributed by atoms with Crippen LogP contribution in [-0.2, 0) is 16.9 Å². The van der Waals surface area contributed by atoms with Crippen molar-refractivity contribution in [3.63, 3.8) is 0 Å². The first kappa shape index (κ1) is 18.0. The van der Waals surface area contributed by atoms with Crippen molar-refractivity contribution >= 4 is 22.9 Å². The van der Waals surface area contributed by atoms with Gasteiger partial charge in [0.2, 0.25) is 5.95 Å². The number of aromatic nitrogens is 6. The molecule has 1 fully saturated rings.